The summed E-state index contributed by atoms with van der Waals surface area (Å²) >= 11 is 17.5. The normalized spacial score (nSPS) is 11.6. The molecule has 26 heavy (non-hydrogen) atoms. The average Bonchev–Trinajstić information content (AvgIpc) is 2.57. The van der Waals surface area contributed by atoms with Crippen molar-refractivity contribution in [3.63, 3.8) is 0 Å². The fourth-order valence-corrected chi connectivity index (χ4v) is 2.75. The zero-order chi connectivity index (χ0) is 19.4. The van der Waals surface area contributed by atoms with Gasteiger partial charge < -0.3 is 4.74 Å². The minimum Gasteiger partial charge on any atom is -0.480 e. The van der Waals surface area contributed by atoms with Crippen molar-refractivity contribution in [2.45, 2.75) is 26.9 Å². The first-order valence-corrected chi connectivity index (χ1v) is 8.67. The molecule has 0 aliphatic heterocycles. The highest BCUT2D eigenvalue weighted by Gasteiger charge is 2.18. The van der Waals surface area contributed by atoms with E-state index >= 15 is 0 Å². The third kappa shape index (κ3) is 5.00. The molecule has 1 unspecified atom stereocenters. The van der Waals surface area contributed by atoms with Crippen LogP contribution in [0.4, 0.5) is 0 Å². The number of benzene rings is 1. The first kappa shape index (κ1) is 20.3. The van der Waals surface area contributed by atoms with Gasteiger partial charge in [0.1, 0.15) is 10.9 Å². The van der Waals surface area contributed by atoms with Gasteiger partial charge in [-0.3, -0.25) is 20.4 Å². The van der Waals surface area contributed by atoms with Gasteiger partial charge in [0, 0.05) is 11.2 Å². The maximum atomic E-state index is 12.2. The van der Waals surface area contributed by atoms with Gasteiger partial charge in [0.15, 0.2) is 6.10 Å². The maximum Gasteiger partial charge on any atom is 0.279 e. The second-order valence-electron chi connectivity index (χ2n) is 5.57. The van der Waals surface area contributed by atoms with Gasteiger partial charge in [0.25, 0.3) is 11.8 Å². The molecule has 1 aromatic carbocycles. The number of halogens is 3. The minimum atomic E-state index is -0.846. The molecule has 0 bridgehead atoms. The Morgan fingerprint density at radius 1 is 1.08 bits per heavy atom. The summed E-state index contributed by atoms with van der Waals surface area (Å²) in [5.41, 5.74) is 6.32. The van der Waals surface area contributed by atoms with Crippen LogP contribution in [0.1, 0.15) is 28.4 Å². The van der Waals surface area contributed by atoms with E-state index < -0.39 is 17.9 Å². The zero-order valence-electron chi connectivity index (χ0n) is 14.2. The predicted octanol–water partition coefficient (Wildman–Crippen LogP) is 3.89. The summed E-state index contributed by atoms with van der Waals surface area (Å²) in [6, 6.07) is 4.83. The van der Waals surface area contributed by atoms with Crippen LogP contribution in [0.5, 0.6) is 5.75 Å². The molecule has 6 nitrogen and oxygen atoms in total. The van der Waals surface area contributed by atoms with E-state index in [2.05, 4.69) is 15.8 Å². The molecule has 0 saturated carbocycles. The fraction of sp³-hybridized carbons (Fsp3) is 0.235. The van der Waals surface area contributed by atoms with Gasteiger partial charge >= 0.3 is 0 Å². The van der Waals surface area contributed by atoms with E-state index in [-0.39, 0.29) is 15.7 Å². The summed E-state index contributed by atoms with van der Waals surface area (Å²) in [4.78, 5) is 27.9. The van der Waals surface area contributed by atoms with Gasteiger partial charge in [-0.15, -0.1) is 0 Å². The molecule has 2 aromatic rings. The Bertz CT molecular complexity index is 835. The van der Waals surface area contributed by atoms with Crippen molar-refractivity contribution >= 4 is 46.6 Å². The van der Waals surface area contributed by atoms with Crippen LogP contribution in [-0.2, 0) is 4.79 Å². The van der Waals surface area contributed by atoms with Crippen molar-refractivity contribution in [1.29, 1.82) is 0 Å². The largest absolute Gasteiger partial charge is 0.480 e. The fourth-order valence-electron chi connectivity index (χ4n) is 2.15. The van der Waals surface area contributed by atoms with Crippen molar-refractivity contribution in [2.24, 2.45) is 0 Å². The summed E-state index contributed by atoms with van der Waals surface area (Å²) in [5, 5.41) is 0.811. The quantitative estimate of drug-likeness (QED) is 0.585. The smallest absolute Gasteiger partial charge is 0.279 e. The van der Waals surface area contributed by atoms with Crippen LogP contribution >= 0.6 is 34.8 Å². The van der Waals surface area contributed by atoms with Crippen molar-refractivity contribution in [2.75, 3.05) is 0 Å². The summed E-state index contributed by atoms with van der Waals surface area (Å²) in [6.07, 6.45) is 0.400. The van der Waals surface area contributed by atoms with Crippen LogP contribution in [0, 0.1) is 13.8 Å². The molecule has 1 aromatic heterocycles. The van der Waals surface area contributed by atoms with Crippen molar-refractivity contribution in [1.82, 2.24) is 15.8 Å². The number of ether oxygens (including phenoxy) is 1. The highest BCUT2D eigenvalue weighted by molar-refractivity contribution is 6.41. The molecule has 2 amide bonds. The van der Waals surface area contributed by atoms with E-state index in [4.69, 9.17) is 39.5 Å². The van der Waals surface area contributed by atoms with Gasteiger partial charge in [-0.2, -0.15) is 0 Å². The first-order chi connectivity index (χ1) is 12.2. The Labute approximate surface area is 165 Å². The molecule has 0 saturated heterocycles. The number of aryl methyl sites for hydroxylation is 2. The number of nitrogens with one attached hydrogen (secondary N) is 2. The van der Waals surface area contributed by atoms with E-state index in [1.165, 1.54) is 12.3 Å². The molecule has 0 fully saturated rings. The molecule has 9 heteroatoms. The number of amides is 2. The standard InChI is InChI=1S/C17H16Cl3N3O3/c1-8-4-12(18)5-9(2)14(8)26-10(3)16(24)22-23-17(25)11-6-13(19)15(20)21-7-11/h4-7,10H,1-3H3,(H,22,24)(H,23,25). The number of aromatic nitrogens is 1. The summed E-state index contributed by atoms with van der Waals surface area (Å²) in [7, 11) is 0. The second-order valence-corrected chi connectivity index (χ2v) is 6.77. The Kier molecular flexibility index (Phi) is 6.69. The number of hydrogen-bond donors (Lipinski definition) is 2. The van der Waals surface area contributed by atoms with E-state index in [1.807, 2.05) is 13.8 Å². The van der Waals surface area contributed by atoms with E-state index in [0.29, 0.717) is 10.8 Å². The number of carbonyl (C=O) groups is 2. The molecule has 2 N–H and O–H groups in total. The number of hydrogen-bond acceptors (Lipinski definition) is 4. The first-order valence-electron chi connectivity index (χ1n) is 7.53. The molecule has 1 heterocycles. The summed E-state index contributed by atoms with van der Waals surface area (Å²) in [6.45, 7) is 5.23. The topological polar surface area (TPSA) is 80.3 Å². The number of rotatable bonds is 4. The molecule has 0 aliphatic rings. The Balaban J connectivity index is 1.97. The van der Waals surface area contributed by atoms with Gasteiger partial charge in [-0.1, -0.05) is 34.8 Å². The molecule has 0 aliphatic carbocycles. The van der Waals surface area contributed by atoms with E-state index in [0.717, 1.165) is 11.1 Å². The summed E-state index contributed by atoms with van der Waals surface area (Å²) < 4.78 is 5.69. The molecule has 0 spiro atoms. The van der Waals surface area contributed by atoms with E-state index in [9.17, 15) is 9.59 Å². The molecule has 138 valence electrons. The number of carbonyl (C=O) groups excluding carboxylic acids is 2. The van der Waals surface area contributed by atoms with Gasteiger partial charge in [0.2, 0.25) is 0 Å². The van der Waals surface area contributed by atoms with Gasteiger partial charge in [-0.05, 0) is 50.1 Å². The van der Waals surface area contributed by atoms with Crippen LogP contribution in [0.15, 0.2) is 24.4 Å². The Morgan fingerprint density at radius 3 is 2.27 bits per heavy atom. The molecule has 0 radical (unpaired) electrons. The van der Waals surface area contributed by atoms with Crippen molar-refractivity contribution < 1.29 is 14.3 Å². The highest BCUT2D eigenvalue weighted by atomic mass is 35.5. The van der Waals surface area contributed by atoms with Gasteiger partial charge in [-0.25, -0.2) is 4.98 Å². The molecule has 2 rings (SSSR count). The monoisotopic (exact) mass is 415 g/mol. The third-order valence-corrected chi connectivity index (χ3v) is 4.35. The average molecular weight is 417 g/mol. The lowest BCUT2D eigenvalue weighted by Gasteiger charge is -2.18. The van der Waals surface area contributed by atoms with Crippen molar-refractivity contribution in [3.05, 3.63) is 56.3 Å². The lowest BCUT2D eigenvalue weighted by molar-refractivity contribution is -0.128. The maximum absolute atomic E-state index is 12.2. The Hall–Kier alpha value is -2.02. The lowest BCUT2D eigenvalue weighted by Crippen LogP contribution is -2.47. The zero-order valence-corrected chi connectivity index (χ0v) is 16.5. The molecular formula is C17H16Cl3N3O3. The lowest BCUT2D eigenvalue weighted by atomic mass is 10.1. The minimum absolute atomic E-state index is 0.0861. The summed E-state index contributed by atoms with van der Waals surface area (Å²) in [5.74, 6) is -0.548. The number of hydrazine groups is 1. The SMILES string of the molecule is Cc1cc(Cl)cc(C)c1OC(C)C(=O)NNC(=O)c1cnc(Cl)c(Cl)c1. The van der Waals surface area contributed by atoms with Gasteiger partial charge in [0.05, 0.1) is 10.6 Å². The van der Waals surface area contributed by atoms with E-state index in [1.54, 1.807) is 19.1 Å². The molecule has 1 atom stereocenters. The van der Waals surface area contributed by atoms with Crippen LogP contribution in [-0.4, -0.2) is 22.9 Å². The molecular weight excluding hydrogens is 401 g/mol. The van der Waals surface area contributed by atoms with Crippen LogP contribution in [0.25, 0.3) is 0 Å². The van der Waals surface area contributed by atoms with Crippen molar-refractivity contribution in [3.8, 4) is 5.75 Å². The van der Waals surface area contributed by atoms with Crippen LogP contribution in [0.3, 0.4) is 0 Å². The highest BCUT2D eigenvalue weighted by Crippen LogP contribution is 2.27. The predicted molar refractivity (Wildman–Crippen MR) is 101 cm³/mol. The third-order valence-electron chi connectivity index (χ3n) is 3.45. The Morgan fingerprint density at radius 2 is 1.69 bits per heavy atom. The number of pyridine rings is 1. The second kappa shape index (κ2) is 8.58. The number of nitrogens with zero attached hydrogens (tertiary/aromatic N) is 1. The van der Waals surface area contributed by atoms with Crippen LogP contribution in [0.2, 0.25) is 15.2 Å². The van der Waals surface area contributed by atoms with Crippen LogP contribution < -0.4 is 15.6 Å².